The van der Waals surface area contributed by atoms with Gasteiger partial charge in [0.2, 0.25) is 5.91 Å². The zero-order chi connectivity index (χ0) is 13.5. The minimum absolute atomic E-state index is 0.0310. The van der Waals surface area contributed by atoms with Crippen molar-refractivity contribution in [1.29, 1.82) is 0 Å². The van der Waals surface area contributed by atoms with Crippen molar-refractivity contribution in [3.8, 4) is 5.75 Å². The Balaban J connectivity index is 2.62. The molecule has 0 unspecified atom stereocenters. The minimum Gasteiger partial charge on any atom is -0.494 e. The molecule has 0 radical (unpaired) electrons. The van der Waals surface area contributed by atoms with Crippen molar-refractivity contribution in [3.05, 3.63) is 24.3 Å². The monoisotopic (exact) mass is 249 g/mol. The quantitative estimate of drug-likeness (QED) is 0.777. The third-order valence-corrected chi connectivity index (χ3v) is 2.60. The third kappa shape index (κ3) is 4.20. The first-order valence-electron chi connectivity index (χ1n) is 6.03. The molecule has 4 heteroatoms. The number of anilines is 1. The van der Waals surface area contributed by atoms with Crippen LogP contribution in [0.5, 0.6) is 5.75 Å². The molecule has 4 nitrogen and oxygen atoms in total. The van der Waals surface area contributed by atoms with Gasteiger partial charge in [0.25, 0.3) is 0 Å². The maximum Gasteiger partial charge on any atom is 0.227 e. The molecule has 0 fully saturated rings. The number of hydrogen-bond acceptors (Lipinski definition) is 3. The van der Waals surface area contributed by atoms with Gasteiger partial charge >= 0.3 is 0 Å². The maximum absolute atomic E-state index is 11.8. The van der Waals surface area contributed by atoms with Crippen LogP contribution in [-0.2, 0) is 9.59 Å². The van der Waals surface area contributed by atoms with E-state index in [0.717, 1.165) is 11.4 Å². The second-order valence-electron chi connectivity index (χ2n) is 4.08. The fourth-order valence-corrected chi connectivity index (χ4v) is 1.53. The molecule has 0 aliphatic rings. The second-order valence-corrected chi connectivity index (χ2v) is 4.08. The molecule has 0 saturated heterocycles. The van der Waals surface area contributed by atoms with E-state index in [4.69, 9.17) is 4.74 Å². The number of amides is 1. The van der Waals surface area contributed by atoms with Crippen LogP contribution in [0.15, 0.2) is 24.3 Å². The number of rotatable bonds is 6. The van der Waals surface area contributed by atoms with Crippen molar-refractivity contribution < 1.29 is 14.3 Å². The molecule has 0 N–H and O–H groups in total. The standard InChI is InChI=1S/C14H19NO3/c1-4-18-13-8-6-12(7-9-13)15(3)14(17)10-5-11(2)16/h6-9H,4-5,10H2,1-3H3. The summed E-state index contributed by atoms with van der Waals surface area (Å²) in [6.07, 6.45) is 0.541. The van der Waals surface area contributed by atoms with E-state index in [0.29, 0.717) is 13.0 Å². The van der Waals surface area contributed by atoms with E-state index in [1.807, 2.05) is 31.2 Å². The normalized spacial score (nSPS) is 9.94. The molecule has 0 aliphatic carbocycles. The average Bonchev–Trinajstić information content (AvgIpc) is 2.36. The van der Waals surface area contributed by atoms with Gasteiger partial charge in [-0.15, -0.1) is 0 Å². The van der Waals surface area contributed by atoms with Gasteiger partial charge in [-0.3, -0.25) is 4.79 Å². The third-order valence-electron chi connectivity index (χ3n) is 2.60. The maximum atomic E-state index is 11.8. The number of ketones is 1. The molecule has 1 aromatic rings. The van der Waals surface area contributed by atoms with Crippen molar-refractivity contribution in [2.45, 2.75) is 26.7 Å². The molecule has 0 aromatic heterocycles. The molecule has 0 atom stereocenters. The summed E-state index contributed by atoms with van der Waals surface area (Å²) in [5.41, 5.74) is 0.798. The van der Waals surface area contributed by atoms with Gasteiger partial charge in [0.15, 0.2) is 0 Å². The van der Waals surface area contributed by atoms with Gasteiger partial charge in [-0.05, 0) is 38.1 Å². The van der Waals surface area contributed by atoms with Crippen LogP contribution in [0, 0.1) is 0 Å². The molecule has 1 rings (SSSR count). The molecular weight excluding hydrogens is 230 g/mol. The molecule has 0 aliphatic heterocycles. The Morgan fingerprint density at radius 1 is 1.17 bits per heavy atom. The molecule has 0 bridgehead atoms. The Labute approximate surface area is 108 Å². The van der Waals surface area contributed by atoms with Crippen LogP contribution in [0.3, 0.4) is 0 Å². The van der Waals surface area contributed by atoms with E-state index in [-0.39, 0.29) is 18.1 Å². The Morgan fingerprint density at radius 3 is 2.28 bits per heavy atom. The Morgan fingerprint density at radius 2 is 1.78 bits per heavy atom. The van der Waals surface area contributed by atoms with Crippen molar-refractivity contribution in [3.63, 3.8) is 0 Å². The highest BCUT2D eigenvalue weighted by atomic mass is 16.5. The number of Topliss-reactive ketones (excluding diaryl/α,β-unsaturated/α-hetero) is 1. The molecular formula is C14H19NO3. The largest absolute Gasteiger partial charge is 0.494 e. The smallest absolute Gasteiger partial charge is 0.227 e. The number of benzene rings is 1. The van der Waals surface area contributed by atoms with E-state index >= 15 is 0 Å². The van der Waals surface area contributed by atoms with E-state index < -0.39 is 0 Å². The summed E-state index contributed by atoms with van der Waals surface area (Å²) in [6.45, 7) is 4.03. The highest BCUT2D eigenvalue weighted by Gasteiger charge is 2.11. The van der Waals surface area contributed by atoms with Gasteiger partial charge in [0.05, 0.1) is 6.61 Å². The van der Waals surface area contributed by atoms with E-state index in [1.165, 1.54) is 6.92 Å². The van der Waals surface area contributed by atoms with Crippen LogP contribution in [0.2, 0.25) is 0 Å². The van der Waals surface area contributed by atoms with Crippen molar-refractivity contribution in [1.82, 2.24) is 0 Å². The lowest BCUT2D eigenvalue weighted by atomic mass is 10.2. The van der Waals surface area contributed by atoms with Gasteiger partial charge in [0.1, 0.15) is 11.5 Å². The van der Waals surface area contributed by atoms with Crippen molar-refractivity contribution in [2.24, 2.45) is 0 Å². The molecule has 1 aromatic carbocycles. The highest BCUT2D eigenvalue weighted by Crippen LogP contribution is 2.19. The summed E-state index contributed by atoms with van der Waals surface area (Å²) in [6, 6.07) is 7.31. The topological polar surface area (TPSA) is 46.6 Å². The van der Waals surface area contributed by atoms with Gasteiger partial charge < -0.3 is 14.4 Å². The van der Waals surface area contributed by atoms with Gasteiger partial charge in [0, 0.05) is 25.6 Å². The molecule has 1 amide bonds. The number of ether oxygens (including phenoxy) is 1. The lowest BCUT2D eigenvalue weighted by molar-refractivity contribution is -0.122. The summed E-state index contributed by atoms with van der Waals surface area (Å²) in [5, 5.41) is 0. The molecule has 0 heterocycles. The Bertz CT molecular complexity index is 412. The van der Waals surface area contributed by atoms with Crippen molar-refractivity contribution in [2.75, 3.05) is 18.6 Å². The van der Waals surface area contributed by atoms with Gasteiger partial charge in [-0.1, -0.05) is 0 Å². The Hall–Kier alpha value is -1.84. The SMILES string of the molecule is CCOc1ccc(N(C)C(=O)CCC(C)=O)cc1. The van der Waals surface area contributed by atoms with Crippen molar-refractivity contribution >= 4 is 17.4 Å². The lowest BCUT2D eigenvalue weighted by Crippen LogP contribution is -2.26. The summed E-state index contributed by atoms with van der Waals surface area (Å²) in [4.78, 5) is 24.2. The predicted octanol–water partition coefficient (Wildman–Crippen LogP) is 2.42. The van der Waals surface area contributed by atoms with Crippen LogP contribution in [0.25, 0.3) is 0 Å². The first-order valence-corrected chi connectivity index (χ1v) is 6.03. The van der Waals surface area contributed by atoms with E-state index in [9.17, 15) is 9.59 Å². The summed E-state index contributed by atoms with van der Waals surface area (Å²) < 4.78 is 5.33. The first kappa shape index (κ1) is 14.2. The average molecular weight is 249 g/mol. The van der Waals surface area contributed by atoms with E-state index in [2.05, 4.69) is 0 Å². The first-order chi connectivity index (χ1) is 8.54. The summed E-state index contributed by atoms with van der Waals surface area (Å²) >= 11 is 0. The van der Waals surface area contributed by atoms with Gasteiger partial charge in [-0.25, -0.2) is 0 Å². The number of nitrogens with zero attached hydrogens (tertiary/aromatic N) is 1. The fraction of sp³-hybridized carbons (Fsp3) is 0.429. The van der Waals surface area contributed by atoms with Crippen LogP contribution < -0.4 is 9.64 Å². The molecule has 0 spiro atoms. The molecule has 98 valence electrons. The highest BCUT2D eigenvalue weighted by molar-refractivity contribution is 5.94. The summed E-state index contributed by atoms with van der Waals surface area (Å²) in [5.74, 6) is 0.753. The summed E-state index contributed by atoms with van der Waals surface area (Å²) in [7, 11) is 1.71. The van der Waals surface area contributed by atoms with Gasteiger partial charge in [-0.2, -0.15) is 0 Å². The second kappa shape index (κ2) is 6.79. The number of carbonyl (C=O) groups is 2. The molecule has 18 heavy (non-hydrogen) atoms. The van der Waals surface area contributed by atoms with Crippen LogP contribution in [0.4, 0.5) is 5.69 Å². The van der Waals surface area contributed by atoms with E-state index in [1.54, 1.807) is 11.9 Å². The lowest BCUT2D eigenvalue weighted by Gasteiger charge is -2.17. The number of carbonyl (C=O) groups excluding carboxylic acids is 2. The van der Waals surface area contributed by atoms with Crippen LogP contribution in [-0.4, -0.2) is 25.3 Å². The van der Waals surface area contributed by atoms with Crippen LogP contribution in [0.1, 0.15) is 26.7 Å². The molecule has 0 saturated carbocycles. The minimum atomic E-state index is -0.0608. The predicted molar refractivity (Wildman–Crippen MR) is 70.9 cm³/mol. The number of hydrogen-bond donors (Lipinski definition) is 0. The zero-order valence-corrected chi connectivity index (χ0v) is 11.1. The Kier molecular flexibility index (Phi) is 5.36. The van der Waals surface area contributed by atoms with Crippen LogP contribution >= 0.6 is 0 Å². The fourth-order valence-electron chi connectivity index (χ4n) is 1.53. The zero-order valence-electron chi connectivity index (χ0n) is 11.1.